The van der Waals surface area contributed by atoms with E-state index in [1.165, 1.54) is 9.23 Å². The van der Waals surface area contributed by atoms with E-state index in [9.17, 15) is 0 Å². The van der Waals surface area contributed by atoms with E-state index in [1.807, 2.05) is 49.8 Å². The molecule has 1 aromatic carbocycles. The van der Waals surface area contributed by atoms with Crippen molar-refractivity contribution in [3.8, 4) is 11.4 Å². The van der Waals surface area contributed by atoms with E-state index in [4.69, 9.17) is 0 Å². The van der Waals surface area contributed by atoms with E-state index in [0.29, 0.717) is 0 Å². The molecule has 24 heavy (non-hydrogen) atoms. The second-order valence-electron chi connectivity index (χ2n) is 5.39. The van der Waals surface area contributed by atoms with Crippen molar-refractivity contribution in [3.05, 3.63) is 58.5 Å². The third-order valence-corrected chi connectivity index (χ3v) is 5.28. The van der Waals surface area contributed by atoms with Crippen LogP contribution in [0.1, 0.15) is 6.92 Å². The topological polar surface area (TPSA) is 38.1 Å². The van der Waals surface area contributed by atoms with Gasteiger partial charge in [0.05, 0.1) is 11.4 Å². The van der Waals surface area contributed by atoms with Crippen molar-refractivity contribution in [3.63, 3.8) is 0 Å². The fourth-order valence-electron chi connectivity index (χ4n) is 3.01. The summed E-state index contributed by atoms with van der Waals surface area (Å²) in [7, 11) is 0. The lowest BCUT2D eigenvalue weighted by atomic mass is 10.0. The third kappa shape index (κ3) is 2.23. The van der Waals surface area contributed by atoms with Crippen LogP contribution in [0.5, 0.6) is 0 Å². The molecule has 0 saturated heterocycles. The fourth-order valence-corrected chi connectivity index (χ4v) is 4.06. The first-order valence-corrected chi connectivity index (χ1v) is 8.49. The summed E-state index contributed by atoms with van der Waals surface area (Å²) in [6.07, 6.45) is 7.60. The van der Waals surface area contributed by atoms with E-state index in [2.05, 4.69) is 39.9 Å². The number of hydrogen-bond acceptors (Lipinski definition) is 4. The molecule has 0 amide bonds. The lowest BCUT2D eigenvalue weighted by Gasteiger charge is -2.06. The fraction of sp³-hybridized carbons (Fsp3) is 0.0500. The lowest BCUT2D eigenvalue weighted by molar-refractivity contribution is 1.29. The Kier molecular flexibility index (Phi) is 3.67. The molecule has 4 rings (SSSR count). The molecule has 0 aliphatic carbocycles. The predicted octanol–water partition coefficient (Wildman–Crippen LogP) is 3.75. The molecule has 0 aliphatic heterocycles. The van der Waals surface area contributed by atoms with Crippen molar-refractivity contribution >= 4 is 51.2 Å². The van der Waals surface area contributed by atoms with Gasteiger partial charge >= 0.3 is 0 Å². The van der Waals surface area contributed by atoms with Crippen LogP contribution in [0, 0.1) is 0 Å². The molecule has 0 fully saturated rings. The number of hydrogen-bond donors (Lipinski definition) is 0. The molecule has 0 radical (unpaired) electrons. The van der Waals surface area contributed by atoms with Crippen LogP contribution in [0.25, 0.3) is 44.5 Å². The van der Waals surface area contributed by atoms with Crippen molar-refractivity contribution in [1.29, 1.82) is 0 Å². The number of pyridine rings is 2. The van der Waals surface area contributed by atoms with Crippen LogP contribution in [0.3, 0.4) is 0 Å². The van der Waals surface area contributed by atoms with E-state index >= 15 is 0 Å². The Labute approximate surface area is 143 Å². The summed E-state index contributed by atoms with van der Waals surface area (Å²) in [6.45, 7) is 5.66. The van der Waals surface area contributed by atoms with Crippen LogP contribution in [-0.2, 0) is 0 Å². The molecule has 0 atom stereocenters. The van der Waals surface area contributed by atoms with Gasteiger partial charge in [-0.3, -0.25) is 15.0 Å². The highest BCUT2D eigenvalue weighted by molar-refractivity contribution is 7.17. The average Bonchev–Trinajstić information content (AvgIpc) is 2.99. The van der Waals surface area contributed by atoms with Crippen LogP contribution in [0.15, 0.2) is 53.8 Å². The van der Waals surface area contributed by atoms with Gasteiger partial charge < -0.3 is 0 Å². The quantitative estimate of drug-likeness (QED) is 0.525. The summed E-state index contributed by atoms with van der Waals surface area (Å²) in [5.41, 5.74) is 1.79. The van der Waals surface area contributed by atoms with Crippen LogP contribution in [0.2, 0.25) is 0 Å². The zero-order valence-corrected chi connectivity index (χ0v) is 14.0. The molecule has 4 aromatic rings. The van der Waals surface area contributed by atoms with Crippen LogP contribution in [0.4, 0.5) is 0 Å². The smallest absolute Gasteiger partial charge is 0.0986 e. The SMILES string of the molecule is C=N/C=c1\c(=C/C)sc2ccnc(-c3nccc4ccccc34)c12. The van der Waals surface area contributed by atoms with Gasteiger partial charge in [-0.15, -0.1) is 11.3 Å². The standard InChI is InChI=1S/C20H15N3S/c1-3-16-15(12-21-2)18-17(24-16)9-11-23-20(18)19-14-7-5-4-6-13(14)8-10-22-19/h3-12H,2H2,1H3/b15-12+,16-3+. The molecule has 0 saturated carbocycles. The highest BCUT2D eigenvalue weighted by atomic mass is 32.1. The van der Waals surface area contributed by atoms with Crippen LogP contribution < -0.4 is 9.75 Å². The minimum Gasteiger partial charge on any atom is -0.272 e. The second-order valence-corrected chi connectivity index (χ2v) is 6.48. The van der Waals surface area contributed by atoms with Crippen molar-refractivity contribution < 1.29 is 0 Å². The largest absolute Gasteiger partial charge is 0.272 e. The van der Waals surface area contributed by atoms with E-state index in [0.717, 1.165) is 32.8 Å². The number of benzene rings is 1. The molecule has 3 heterocycles. The average molecular weight is 329 g/mol. The molecule has 4 heteroatoms. The first-order valence-electron chi connectivity index (χ1n) is 7.67. The number of thiophene rings is 1. The van der Waals surface area contributed by atoms with Crippen molar-refractivity contribution in [2.75, 3.05) is 0 Å². The summed E-state index contributed by atoms with van der Waals surface area (Å²) in [6, 6.07) is 12.3. The number of aromatic nitrogens is 2. The molecule has 0 bridgehead atoms. The molecule has 0 unspecified atom stereocenters. The number of nitrogens with zero attached hydrogens (tertiary/aromatic N) is 3. The molecule has 116 valence electrons. The van der Waals surface area contributed by atoms with Gasteiger partial charge in [-0.2, -0.15) is 0 Å². The molecular weight excluding hydrogens is 314 g/mol. The van der Waals surface area contributed by atoms with Crippen molar-refractivity contribution in [1.82, 2.24) is 9.97 Å². The van der Waals surface area contributed by atoms with Crippen molar-refractivity contribution in [2.24, 2.45) is 4.99 Å². The molecule has 3 aromatic heterocycles. The van der Waals surface area contributed by atoms with Gasteiger partial charge in [0.25, 0.3) is 0 Å². The van der Waals surface area contributed by atoms with Gasteiger partial charge in [0.2, 0.25) is 0 Å². The summed E-state index contributed by atoms with van der Waals surface area (Å²) in [5.74, 6) is 0. The Balaban J connectivity index is 2.20. The van der Waals surface area contributed by atoms with Gasteiger partial charge in [0.15, 0.2) is 0 Å². The Hall–Kier alpha value is -2.85. The van der Waals surface area contributed by atoms with Crippen LogP contribution in [-0.4, -0.2) is 16.7 Å². The maximum Gasteiger partial charge on any atom is 0.0986 e. The Bertz CT molecular complexity index is 1180. The molecule has 0 N–H and O–H groups in total. The number of fused-ring (bicyclic) bond motifs is 2. The Morgan fingerprint density at radius 2 is 1.83 bits per heavy atom. The van der Waals surface area contributed by atoms with Gasteiger partial charge in [-0.05, 0) is 31.2 Å². The van der Waals surface area contributed by atoms with Gasteiger partial charge in [0.1, 0.15) is 0 Å². The number of rotatable bonds is 2. The minimum atomic E-state index is 0.892. The highest BCUT2D eigenvalue weighted by Gasteiger charge is 2.13. The van der Waals surface area contributed by atoms with Crippen LogP contribution >= 0.6 is 11.3 Å². The van der Waals surface area contributed by atoms with E-state index < -0.39 is 0 Å². The van der Waals surface area contributed by atoms with Gasteiger partial charge in [0, 0.05) is 43.8 Å². The zero-order valence-electron chi connectivity index (χ0n) is 13.2. The highest BCUT2D eigenvalue weighted by Crippen LogP contribution is 2.29. The zero-order chi connectivity index (χ0) is 16.5. The summed E-state index contributed by atoms with van der Waals surface area (Å²) >= 11 is 1.74. The van der Waals surface area contributed by atoms with E-state index in [-0.39, 0.29) is 0 Å². The molecule has 0 spiro atoms. The molecule has 0 aliphatic rings. The number of aliphatic imine (C=N–C) groups is 1. The first kappa shape index (κ1) is 14.7. The summed E-state index contributed by atoms with van der Waals surface area (Å²) < 4.78 is 2.35. The first-order chi connectivity index (χ1) is 11.8. The molecular formula is C20H15N3S. The van der Waals surface area contributed by atoms with Gasteiger partial charge in [-0.25, -0.2) is 0 Å². The minimum absolute atomic E-state index is 0.892. The second kappa shape index (κ2) is 5.98. The summed E-state index contributed by atoms with van der Waals surface area (Å²) in [5, 5.41) is 4.41. The summed E-state index contributed by atoms with van der Waals surface area (Å²) in [4.78, 5) is 13.3. The lowest BCUT2D eigenvalue weighted by Crippen LogP contribution is -2.18. The third-order valence-electron chi connectivity index (χ3n) is 4.05. The normalized spacial score (nSPS) is 13.0. The van der Waals surface area contributed by atoms with Gasteiger partial charge in [-0.1, -0.05) is 30.3 Å². The van der Waals surface area contributed by atoms with Crippen molar-refractivity contribution in [2.45, 2.75) is 6.92 Å². The maximum absolute atomic E-state index is 4.67. The Morgan fingerprint density at radius 3 is 2.67 bits per heavy atom. The Morgan fingerprint density at radius 1 is 1.04 bits per heavy atom. The predicted molar refractivity (Wildman–Crippen MR) is 104 cm³/mol. The molecule has 3 nitrogen and oxygen atoms in total. The van der Waals surface area contributed by atoms with E-state index in [1.54, 1.807) is 11.3 Å². The maximum atomic E-state index is 4.67. The monoisotopic (exact) mass is 329 g/mol.